The van der Waals surface area contributed by atoms with Crippen molar-refractivity contribution in [3.05, 3.63) is 47.3 Å². The number of anilines is 1. The molecule has 3 heteroatoms. The first kappa shape index (κ1) is 13.7. The maximum Gasteiger partial charge on any atom is 0.203 e. The molecule has 0 amide bonds. The number of nitrogens with one attached hydrogen (secondary N) is 1. The van der Waals surface area contributed by atoms with Gasteiger partial charge in [0, 0.05) is 19.3 Å². The Hall–Kier alpha value is -1.77. The van der Waals surface area contributed by atoms with Crippen molar-refractivity contribution in [3.8, 4) is 0 Å². The molecule has 0 radical (unpaired) electrons. The molecule has 0 atom stereocenters. The van der Waals surface area contributed by atoms with Crippen LogP contribution in [0.2, 0.25) is 0 Å². The SMILES string of the molecule is CCCn1cc(C)nc1NCCc1ccccc1C. The Kier molecular flexibility index (Phi) is 4.61. The monoisotopic (exact) mass is 257 g/mol. The highest BCUT2D eigenvalue weighted by Gasteiger charge is 2.04. The molecule has 0 aliphatic carbocycles. The van der Waals surface area contributed by atoms with Crippen LogP contribution in [0.5, 0.6) is 0 Å². The average molecular weight is 257 g/mol. The minimum Gasteiger partial charge on any atom is -0.355 e. The van der Waals surface area contributed by atoms with Gasteiger partial charge in [0.25, 0.3) is 0 Å². The lowest BCUT2D eigenvalue weighted by Gasteiger charge is -2.09. The van der Waals surface area contributed by atoms with E-state index in [1.165, 1.54) is 11.1 Å². The van der Waals surface area contributed by atoms with Crippen LogP contribution in [0.25, 0.3) is 0 Å². The minimum absolute atomic E-state index is 0.922. The Morgan fingerprint density at radius 3 is 2.74 bits per heavy atom. The van der Waals surface area contributed by atoms with Crippen molar-refractivity contribution >= 4 is 5.95 Å². The van der Waals surface area contributed by atoms with E-state index < -0.39 is 0 Å². The van der Waals surface area contributed by atoms with Crippen LogP contribution < -0.4 is 5.32 Å². The second-order valence-corrected chi connectivity index (χ2v) is 5.00. The van der Waals surface area contributed by atoms with E-state index in [2.05, 4.69) is 59.2 Å². The maximum atomic E-state index is 4.53. The van der Waals surface area contributed by atoms with Crippen LogP contribution >= 0.6 is 0 Å². The molecule has 1 aromatic carbocycles. The number of imidazole rings is 1. The Balaban J connectivity index is 1.94. The molecule has 0 bridgehead atoms. The molecule has 0 unspecified atom stereocenters. The summed E-state index contributed by atoms with van der Waals surface area (Å²) >= 11 is 0. The van der Waals surface area contributed by atoms with Crippen LogP contribution in [0.1, 0.15) is 30.2 Å². The lowest BCUT2D eigenvalue weighted by molar-refractivity contribution is 0.681. The predicted octanol–water partition coefficient (Wildman–Crippen LogP) is 3.56. The largest absolute Gasteiger partial charge is 0.355 e. The smallest absolute Gasteiger partial charge is 0.203 e. The van der Waals surface area contributed by atoms with E-state index in [-0.39, 0.29) is 0 Å². The van der Waals surface area contributed by atoms with Crippen LogP contribution in [0.15, 0.2) is 30.5 Å². The molecule has 1 N–H and O–H groups in total. The van der Waals surface area contributed by atoms with E-state index >= 15 is 0 Å². The van der Waals surface area contributed by atoms with E-state index in [1.807, 2.05) is 6.92 Å². The van der Waals surface area contributed by atoms with Crippen molar-refractivity contribution in [2.75, 3.05) is 11.9 Å². The van der Waals surface area contributed by atoms with Gasteiger partial charge in [-0.1, -0.05) is 31.2 Å². The number of nitrogens with zero attached hydrogens (tertiary/aromatic N) is 2. The summed E-state index contributed by atoms with van der Waals surface area (Å²) in [6.07, 6.45) is 4.27. The fraction of sp³-hybridized carbons (Fsp3) is 0.438. The molecule has 0 aliphatic heterocycles. The van der Waals surface area contributed by atoms with Crippen molar-refractivity contribution in [2.24, 2.45) is 0 Å². The summed E-state index contributed by atoms with van der Waals surface area (Å²) in [4.78, 5) is 4.53. The quantitative estimate of drug-likeness (QED) is 0.857. The van der Waals surface area contributed by atoms with Gasteiger partial charge in [-0.15, -0.1) is 0 Å². The van der Waals surface area contributed by atoms with E-state index in [4.69, 9.17) is 0 Å². The lowest BCUT2D eigenvalue weighted by atomic mass is 10.1. The van der Waals surface area contributed by atoms with Gasteiger partial charge < -0.3 is 9.88 Å². The molecule has 0 saturated carbocycles. The Morgan fingerprint density at radius 2 is 2.00 bits per heavy atom. The van der Waals surface area contributed by atoms with E-state index in [1.54, 1.807) is 0 Å². The Labute approximate surface area is 115 Å². The first-order valence-corrected chi connectivity index (χ1v) is 7.03. The normalized spacial score (nSPS) is 10.7. The Bertz CT molecular complexity index is 529. The third-order valence-electron chi connectivity index (χ3n) is 3.30. The summed E-state index contributed by atoms with van der Waals surface area (Å²) in [6, 6.07) is 8.55. The summed E-state index contributed by atoms with van der Waals surface area (Å²) in [5.41, 5.74) is 3.84. The number of hydrogen-bond acceptors (Lipinski definition) is 2. The van der Waals surface area contributed by atoms with Gasteiger partial charge in [0.05, 0.1) is 5.69 Å². The molecule has 0 aliphatic rings. The fourth-order valence-electron chi connectivity index (χ4n) is 2.30. The molecule has 2 rings (SSSR count). The summed E-state index contributed by atoms with van der Waals surface area (Å²) in [7, 11) is 0. The highest BCUT2D eigenvalue weighted by Crippen LogP contribution is 2.11. The van der Waals surface area contributed by atoms with Crippen molar-refractivity contribution < 1.29 is 0 Å². The van der Waals surface area contributed by atoms with Gasteiger partial charge in [-0.2, -0.15) is 0 Å². The van der Waals surface area contributed by atoms with Gasteiger partial charge in [0.2, 0.25) is 5.95 Å². The number of aryl methyl sites for hydroxylation is 3. The highest BCUT2D eigenvalue weighted by atomic mass is 15.2. The van der Waals surface area contributed by atoms with E-state index in [9.17, 15) is 0 Å². The van der Waals surface area contributed by atoms with Crippen LogP contribution in [-0.2, 0) is 13.0 Å². The van der Waals surface area contributed by atoms with Gasteiger partial charge in [0.15, 0.2) is 0 Å². The molecule has 0 spiro atoms. The van der Waals surface area contributed by atoms with Gasteiger partial charge in [-0.25, -0.2) is 4.98 Å². The molecule has 102 valence electrons. The number of rotatable bonds is 6. The highest BCUT2D eigenvalue weighted by molar-refractivity contribution is 5.31. The third-order valence-corrected chi connectivity index (χ3v) is 3.30. The lowest BCUT2D eigenvalue weighted by Crippen LogP contribution is -2.11. The van der Waals surface area contributed by atoms with Crippen LogP contribution in [0, 0.1) is 13.8 Å². The molecule has 3 nitrogen and oxygen atoms in total. The van der Waals surface area contributed by atoms with E-state index in [0.717, 1.165) is 37.6 Å². The molecule has 0 fully saturated rings. The van der Waals surface area contributed by atoms with Crippen molar-refractivity contribution in [1.29, 1.82) is 0 Å². The fourth-order valence-corrected chi connectivity index (χ4v) is 2.30. The molecule has 0 saturated heterocycles. The van der Waals surface area contributed by atoms with E-state index in [0.29, 0.717) is 0 Å². The van der Waals surface area contributed by atoms with Crippen LogP contribution in [0.4, 0.5) is 5.95 Å². The molecule has 1 heterocycles. The van der Waals surface area contributed by atoms with Crippen LogP contribution in [0.3, 0.4) is 0 Å². The standard InChI is InChI=1S/C16H23N3/c1-4-11-19-12-14(3)18-16(19)17-10-9-15-8-6-5-7-13(15)2/h5-8,12H,4,9-11H2,1-3H3,(H,17,18). The molecular formula is C16H23N3. The number of benzene rings is 1. The topological polar surface area (TPSA) is 29.9 Å². The summed E-state index contributed by atoms with van der Waals surface area (Å²) in [5, 5.41) is 3.45. The molecule has 19 heavy (non-hydrogen) atoms. The number of aromatic nitrogens is 2. The zero-order chi connectivity index (χ0) is 13.7. The average Bonchev–Trinajstić information content (AvgIpc) is 2.73. The second kappa shape index (κ2) is 6.41. The van der Waals surface area contributed by atoms with Crippen LogP contribution in [-0.4, -0.2) is 16.1 Å². The number of hydrogen-bond donors (Lipinski definition) is 1. The van der Waals surface area contributed by atoms with Crippen molar-refractivity contribution in [3.63, 3.8) is 0 Å². The molecule has 1 aromatic heterocycles. The predicted molar refractivity (Wildman–Crippen MR) is 80.6 cm³/mol. The zero-order valence-electron chi connectivity index (χ0n) is 12.1. The van der Waals surface area contributed by atoms with Gasteiger partial charge in [0.1, 0.15) is 0 Å². The first-order chi connectivity index (χ1) is 9.20. The molecule has 2 aromatic rings. The van der Waals surface area contributed by atoms with Gasteiger partial charge in [-0.05, 0) is 37.8 Å². The first-order valence-electron chi connectivity index (χ1n) is 7.03. The van der Waals surface area contributed by atoms with Gasteiger partial charge in [-0.3, -0.25) is 0 Å². The summed E-state index contributed by atoms with van der Waals surface area (Å²) in [6.45, 7) is 8.33. The van der Waals surface area contributed by atoms with Gasteiger partial charge >= 0.3 is 0 Å². The second-order valence-electron chi connectivity index (χ2n) is 5.00. The summed E-state index contributed by atoms with van der Waals surface area (Å²) in [5.74, 6) is 0.993. The maximum absolute atomic E-state index is 4.53. The van der Waals surface area contributed by atoms with Crippen molar-refractivity contribution in [2.45, 2.75) is 40.2 Å². The third kappa shape index (κ3) is 3.60. The Morgan fingerprint density at radius 1 is 1.21 bits per heavy atom. The van der Waals surface area contributed by atoms with Crippen molar-refractivity contribution in [1.82, 2.24) is 9.55 Å². The minimum atomic E-state index is 0.922. The summed E-state index contributed by atoms with van der Waals surface area (Å²) < 4.78 is 2.20. The zero-order valence-corrected chi connectivity index (χ0v) is 12.1. The molecular weight excluding hydrogens is 234 g/mol.